The van der Waals surface area contributed by atoms with E-state index >= 15 is 0 Å². The highest BCUT2D eigenvalue weighted by molar-refractivity contribution is 9.10. The van der Waals surface area contributed by atoms with Crippen LogP contribution in [0.2, 0.25) is 0 Å². The maximum atomic E-state index is 13.1. The van der Waals surface area contributed by atoms with Gasteiger partial charge in [0.2, 0.25) is 0 Å². The van der Waals surface area contributed by atoms with Gasteiger partial charge in [0.15, 0.2) is 6.04 Å². The van der Waals surface area contributed by atoms with Gasteiger partial charge in [0.25, 0.3) is 5.91 Å². The minimum Gasteiger partial charge on any atom is -0.478 e. The number of ether oxygens (including phenoxy) is 1. The van der Waals surface area contributed by atoms with Gasteiger partial charge in [-0.05, 0) is 46.0 Å². The smallest absolute Gasteiger partial charge is 0.336 e. The Morgan fingerprint density at radius 3 is 2.34 bits per heavy atom. The number of aromatic carboxylic acids is 1. The number of carbonyl (C=O) groups is 3. The van der Waals surface area contributed by atoms with Gasteiger partial charge in [0.1, 0.15) is 6.61 Å². The van der Waals surface area contributed by atoms with E-state index in [0.29, 0.717) is 23.1 Å². The highest BCUT2D eigenvalue weighted by Gasteiger charge is 2.37. The molecule has 0 saturated carbocycles. The summed E-state index contributed by atoms with van der Waals surface area (Å²) in [5, 5.41) is 12.5. The van der Waals surface area contributed by atoms with Crippen molar-refractivity contribution in [2.24, 2.45) is 0 Å². The van der Waals surface area contributed by atoms with Crippen LogP contribution in [0.5, 0.6) is 0 Å². The maximum Gasteiger partial charge on any atom is 0.336 e. The summed E-state index contributed by atoms with van der Waals surface area (Å²) < 4.78 is 6.39. The number of halogens is 1. The summed E-state index contributed by atoms with van der Waals surface area (Å²) in [4.78, 5) is 39.2. The average Bonchev–Trinajstić information content (AvgIpc) is 3.17. The van der Waals surface area contributed by atoms with Gasteiger partial charge in [-0.2, -0.15) is 0 Å². The molecule has 2 N–H and O–H groups in total. The van der Waals surface area contributed by atoms with E-state index < -0.39 is 23.9 Å². The quantitative estimate of drug-likeness (QED) is 0.369. The number of esters is 1. The number of carbonyl (C=O) groups excluding carboxylic acids is 2. The standard InChI is InChI=1S/C27H23BrN2O5/c28-17-9-10-18(26(32)33)16(13-17)14-30-12-11-29-24(25(30)31)27(34)35-15-23-21-7-3-1-5-19(21)20-6-2-4-8-22(20)23/h1-10,13,23-24,29H,11-12,14-15H2,(H,32,33). The fourth-order valence-electron chi connectivity index (χ4n) is 4.86. The Bertz CT molecular complexity index is 1280. The third-order valence-corrected chi connectivity index (χ3v) is 7.03. The van der Waals surface area contributed by atoms with E-state index in [0.717, 1.165) is 22.3 Å². The number of nitrogens with zero attached hydrogens (tertiary/aromatic N) is 1. The number of hydrogen-bond acceptors (Lipinski definition) is 5. The number of hydrogen-bond donors (Lipinski definition) is 2. The van der Waals surface area contributed by atoms with Crippen LogP contribution >= 0.6 is 15.9 Å². The van der Waals surface area contributed by atoms with E-state index in [4.69, 9.17) is 4.74 Å². The van der Waals surface area contributed by atoms with Gasteiger partial charge < -0.3 is 14.7 Å². The van der Waals surface area contributed by atoms with Crippen LogP contribution in [0, 0.1) is 0 Å². The molecule has 8 heteroatoms. The Balaban J connectivity index is 1.29. The normalized spacial score (nSPS) is 17.1. The first-order chi connectivity index (χ1) is 16.9. The maximum absolute atomic E-state index is 13.1. The van der Waals surface area contributed by atoms with Gasteiger partial charge in [0.05, 0.1) is 5.56 Å². The molecule has 7 nitrogen and oxygen atoms in total. The van der Waals surface area contributed by atoms with Crippen LogP contribution in [0.3, 0.4) is 0 Å². The molecule has 2 aliphatic rings. The summed E-state index contributed by atoms with van der Waals surface area (Å²) in [6.07, 6.45) is 0. The Morgan fingerprint density at radius 1 is 1.03 bits per heavy atom. The van der Waals surface area contributed by atoms with Crippen molar-refractivity contribution in [1.82, 2.24) is 10.2 Å². The molecule has 178 valence electrons. The lowest BCUT2D eigenvalue weighted by atomic mass is 9.98. The third kappa shape index (κ3) is 4.47. The van der Waals surface area contributed by atoms with Crippen molar-refractivity contribution >= 4 is 33.8 Å². The number of amides is 1. The lowest BCUT2D eigenvalue weighted by molar-refractivity contribution is -0.154. The van der Waals surface area contributed by atoms with E-state index in [2.05, 4.69) is 33.4 Å². The van der Waals surface area contributed by atoms with Crippen LogP contribution in [-0.4, -0.2) is 53.6 Å². The second-order valence-electron chi connectivity index (χ2n) is 8.61. The molecule has 1 unspecified atom stereocenters. The summed E-state index contributed by atoms with van der Waals surface area (Å²) in [5.74, 6) is -2.22. The largest absolute Gasteiger partial charge is 0.478 e. The van der Waals surface area contributed by atoms with E-state index in [1.165, 1.54) is 11.0 Å². The monoisotopic (exact) mass is 534 g/mol. The summed E-state index contributed by atoms with van der Waals surface area (Å²) in [6, 6.07) is 19.8. The molecule has 1 atom stereocenters. The minimum absolute atomic E-state index is 0.0920. The molecule has 1 aliphatic carbocycles. The molecule has 0 bridgehead atoms. The van der Waals surface area contributed by atoms with Crippen molar-refractivity contribution < 1.29 is 24.2 Å². The molecule has 1 fully saturated rings. The topological polar surface area (TPSA) is 95.9 Å². The van der Waals surface area contributed by atoms with Crippen molar-refractivity contribution in [2.75, 3.05) is 19.7 Å². The van der Waals surface area contributed by atoms with Crippen LogP contribution in [0.25, 0.3) is 11.1 Å². The van der Waals surface area contributed by atoms with Gasteiger partial charge in [-0.3, -0.25) is 10.1 Å². The van der Waals surface area contributed by atoms with E-state index in [-0.39, 0.29) is 24.6 Å². The van der Waals surface area contributed by atoms with Crippen LogP contribution in [0.1, 0.15) is 33.0 Å². The number of carboxylic acids is 1. The molecule has 3 aromatic carbocycles. The molecule has 0 radical (unpaired) electrons. The zero-order chi connectivity index (χ0) is 24.5. The van der Waals surface area contributed by atoms with Crippen LogP contribution in [0.4, 0.5) is 0 Å². The second kappa shape index (κ2) is 9.64. The lowest BCUT2D eigenvalue weighted by Gasteiger charge is -2.32. The molecule has 5 rings (SSSR count). The Kier molecular flexibility index (Phi) is 6.40. The SMILES string of the molecule is O=C(O)c1ccc(Br)cc1CN1CCNC(C(=O)OCC2c3ccccc3-c3ccccc32)C1=O. The van der Waals surface area contributed by atoms with Crippen molar-refractivity contribution in [2.45, 2.75) is 18.5 Å². The molecule has 0 aromatic heterocycles. The highest BCUT2D eigenvalue weighted by Crippen LogP contribution is 2.44. The van der Waals surface area contributed by atoms with Crippen LogP contribution in [0.15, 0.2) is 71.2 Å². The average molecular weight is 535 g/mol. The molecular formula is C27H23BrN2O5. The summed E-state index contributed by atoms with van der Waals surface area (Å²) >= 11 is 3.35. The predicted molar refractivity (Wildman–Crippen MR) is 133 cm³/mol. The van der Waals surface area contributed by atoms with Crippen LogP contribution < -0.4 is 5.32 Å². The predicted octanol–water partition coefficient (Wildman–Crippen LogP) is 3.80. The van der Waals surface area contributed by atoms with E-state index in [1.54, 1.807) is 12.1 Å². The zero-order valence-corrected chi connectivity index (χ0v) is 20.3. The van der Waals surface area contributed by atoms with Crippen molar-refractivity contribution in [1.29, 1.82) is 0 Å². The first-order valence-electron chi connectivity index (χ1n) is 11.3. The van der Waals surface area contributed by atoms with Gasteiger partial charge >= 0.3 is 11.9 Å². The number of benzene rings is 3. The second-order valence-corrected chi connectivity index (χ2v) is 9.53. The van der Waals surface area contributed by atoms with Crippen molar-refractivity contribution in [3.63, 3.8) is 0 Å². The highest BCUT2D eigenvalue weighted by atomic mass is 79.9. The summed E-state index contributed by atoms with van der Waals surface area (Å²) in [6.45, 7) is 0.983. The van der Waals surface area contributed by atoms with Gasteiger partial charge in [-0.1, -0.05) is 64.5 Å². The minimum atomic E-state index is -1.13. The van der Waals surface area contributed by atoms with Gasteiger partial charge in [0, 0.05) is 30.0 Å². The van der Waals surface area contributed by atoms with Gasteiger partial charge in [-0.15, -0.1) is 0 Å². The Morgan fingerprint density at radius 2 is 1.69 bits per heavy atom. The molecule has 1 heterocycles. The lowest BCUT2D eigenvalue weighted by Crippen LogP contribution is -2.58. The number of rotatable bonds is 6. The number of carboxylic acid groups (broad SMARTS) is 1. The Labute approximate surface area is 210 Å². The molecule has 1 aliphatic heterocycles. The summed E-state index contributed by atoms with van der Waals surface area (Å²) in [7, 11) is 0. The molecule has 1 amide bonds. The number of fused-ring (bicyclic) bond motifs is 3. The zero-order valence-electron chi connectivity index (χ0n) is 18.7. The summed E-state index contributed by atoms with van der Waals surface area (Å²) in [5.41, 5.74) is 5.07. The number of piperazine rings is 1. The Hall–Kier alpha value is -3.49. The fraction of sp³-hybridized carbons (Fsp3) is 0.222. The molecular weight excluding hydrogens is 512 g/mol. The molecule has 3 aromatic rings. The van der Waals surface area contributed by atoms with E-state index in [1.807, 2.05) is 36.4 Å². The van der Waals surface area contributed by atoms with E-state index in [9.17, 15) is 19.5 Å². The van der Waals surface area contributed by atoms with Crippen molar-refractivity contribution in [3.05, 3.63) is 93.5 Å². The third-order valence-electron chi connectivity index (χ3n) is 6.54. The first-order valence-corrected chi connectivity index (χ1v) is 12.1. The molecule has 1 saturated heterocycles. The fourth-order valence-corrected chi connectivity index (χ4v) is 5.27. The van der Waals surface area contributed by atoms with Crippen molar-refractivity contribution in [3.8, 4) is 11.1 Å². The molecule has 35 heavy (non-hydrogen) atoms. The van der Waals surface area contributed by atoms with Gasteiger partial charge in [-0.25, -0.2) is 9.59 Å². The van der Waals surface area contributed by atoms with Crippen LogP contribution in [-0.2, 0) is 20.9 Å². The number of nitrogens with one attached hydrogen (secondary N) is 1. The first kappa shape index (κ1) is 23.3. The molecule has 0 spiro atoms.